The minimum atomic E-state index is -0.409. The van der Waals surface area contributed by atoms with Gasteiger partial charge in [0.25, 0.3) is 11.5 Å². The molecular weight excluding hydrogens is 487 g/mol. The summed E-state index contributed by atoms with van der Waals surface area (Å²) in [5.41, 5.74) is 2.25. The zero-order valence-electron chi connectivity index (χ0n) is 21.6. The number of carbonyl (C=O) groups excluding carboxylic acids is 1. The van der Waals surface area contributed by atoms with Gasteiger partial charge in [-0.15, -0.1) is 0 Å². The van der Waals surface area contributed by atoms with Crippen molar-refractivity contribution >= 4 is 28.6 Å². The topological polar surface area (TPSA) is 96.2 Å². The van der Waals surface area contributed by atoms with Gasteiger partial charge in [-0.1, -0.05) is 13.8 Å². The van der Waals surface area contributed by atoms with Gasteiger partial charge in [-0.3, -0.25) is 23.7 Å². The summed E-state index contributed by atoms with van der Waals surface area (Å²) in [4.78, 5) is 50.0. The average molecular weight is 517 g/mol. The third-order valence-corrected chi connectivity index (χ3v) is 7.91. The number of imidazole rings is 1. The van der Waals surface area contributed by atoms with Crippen LogP contribution in [-0.2, 0) is 12.5 Å². The van der Waals surface area contributed by atoms with E-state index in [1.165, 1.54) is 18.2 Å². The summed E-state index contributed by atoms with van der Waals surface area (Å²) >= 11 is 0. The van der Waals surface area contributed by atoms with E-state index in [2.05, 4.69) is 14.9 Å². The number of aromatic nitrogens is 4. The quantitative estimate of drug-likeness (QED) is 0.451. The first kappa shape index (κ1) is 24.1. The number of rotatable bonds is 3. The molecule has 2 aliphatic heterocycles. The predicted molar refractivity (Wildman–Crippen MR) is 144 cm³/mol. The van der Waals surface area contributed by atoms with Crippen molar-refractivity contribution < 1.29 is 9.18 Å². The molecule has 0 radical (unpaired) electrons. The monoisotopic (exact) mass is 516 g/mol. The number of nitrogens with one attached hydrogen (secondary N) is 1. The number of nitrogens with zero attached hydrogens (tertiary/aromatic N) is 5. The Kier molecular flexibility index (Phi) is 5.51. The van der Waals surface area contributed by atoms with Gasteiger partial charge >= 0.3 is 5.69 Å². The normalized spacial score (nSPS) is 17.3. The predicted octanol–water partition coefficient (Wildman–Crippen LogP) is 3.34. The first-order valence-electron chi connectivity index (χ1n) is 12.8. The summed E-state index contributed by atoms with van der Waals surface area (Å²) in [6.07, 6.45) is 3.06. The number of aromatic amines is 1. The third kappa shape index (κ3) is 3.82. The molecule has 10 heteroatoms. The van der Waals surface area contributed by atoms with Crippen LogP contribution < -0.4 is 21.0 Å². The largest absolute Gasteiger partial charge is 0.358 e. The maximum absolute atomic E-state index is 14.0. The molecule has 1 amide bonds. The third-order valence-electron chi connectivity index (χ3n) is 7.91. The SMILES string of the molecule is Cn1c(N2CCC(n3c(=O)[nH]c4ncccc43)CC2)cc(C(=O)N2CC(C)(C)c3cc(F)ccc32)cc1=O. The Morgan fingerprint density at radius 2 is 1.87 bits per heavy atom. The molecule has 0 aliphatic carbocycles. The van der Waals surface area contributed by atoms with Crippen LogP contribution in [0.3, 0.4) is 0 Å². The molecule has 0 bridgehead atoms. The van der Waals surface area contributed by atoms with Crippen molar-refractivity contribution in [2.24, 2.45) is 7.05 Å². The summed E-state index contributed by atoms with van der Waals surface area (Å²) < 4.78 is 17.3. The molecule has 38 heavy (non-hydrogen) atoms. The second kappa shape index (κ2) is 8.68. The molecule has 1 aromatic carbocycles. The zero-order chi connectivity index (χ0) is 26.8. The minimum Gasteiger partial charge on any atom is -0.358 e. The van der Waals surface area contributed by atoms with Gasteiger partial charge in [0.1, 0.15) is 11.6 Å². The summed E-state index contributed by atoms with van der Waals surface area (Å²) in [7, 11) is 1.70. The Morgan fingerprint density at radius 1 is 1.11 bits per heavy atom. The number of halogens is 1. The molecule has 5 heterocycles. The Morgan fingerprint density at radius 3 is 2.63 bits per heavy atom. The van der Waals surface area contributed by atoms with Crippen LogP contribution in [0.25, 0.3) is 11.2 Å². The number of benzene rings is 1. The van der Waals surface area contributed by atoms with Gasteiger partial charge in [0, 0.05) is 61.7 Å². The van der Waals surface area contributed by atoms with Crippen LogP contribution in [0.1, 0.15) is 48.7 Å². The van der Waals surface area contributed by atoms with Crippen molar-refractivity contribution in [1.82, 2.24) is 19.1 Å². The molecule has 0 spiro atoms. The molecule has 1 fully saturated rings. The minimum absolute atomic E-state index is 0.00210. The van der Waals surface area contributed by atoms with Gasteiger partial charge in [0.15, 0.2) is 5.65 Å². The van der Waals surface area contributed by atoms with E-state index in [1.54, 1.807) is 39.4 Å². The molecule has 6 rings (SSSR count). The van der Waals surface area contributed by atoms with E-state index in [0.29, 0.717) is 55.2 Å². The molecule has 3 aromatic heterocycles. The molecule has 1 N–H and O–H groups in total. The van der Waals surface area contributed by atoms with Crippen LogP contribution in [-0.4, -0.2) is 44.6 Å². The van der Waals surface area contributed by atoms with Crippen molar-refractivity contribution in [3.8, 4) is 0 Å². The maximum Gasteiger partial charge on any atom is 0.327 e. The van der Waals surface area contributed by atoms with E-state index < -0.39 is 5.41 Å². The summed E-state index contributed by atoms with van der Waals surface area (Å²) in [5, 5.41) is 0. The van der Waals surface area contributed by atoms with Gasteiger partial charge in [0.2, 0.25) is 0 Å². The van der Waals surface area contributed by atoms with Gasteiger partial charge in [-0.25, -0.2) is 14.2 Å². The molecule has 9 nitrogen and oxygen atoms in total. The molecule has 0 saturated carbocycles. The number of anilines is 2. The fourth-order valence-corrected chi connectivity index (χ4v) is 5.91. The number of piperidine rings is 1. The van der Waals surface area contributed by atoms with E-state index >= 15 is 0 Å². The lowest BCUT2D eigenvalue weighted by molar-refractivity contribution is 0.0985. The lowest BCUT2D eigenvalue weighted by Gasteiger charge is -2.35. The molecule has 4 aromatic rings. The average Bonchev–Trinajstić information content (AvgIpc) is 3.37. The molecule has 1 saturated heterocycles. The van der Waals surface area contributed by atoms with E-state index in [1.807, 2.05) is 26.0 Å². The first-order chi connectivity index (χ1) is 18.1. The van der Waals surface area contributed by atoms with E-state index in [-0.39, 0.29) is 29.0 Å². The second-order valence-electron chi connectivity index (χ2n) is 10.8. The Labute approximate surface area is 218 Å². The molecule has 2 aliphatic rings. The standard InChI is InChI=1S/C28H29FN6O3/c1-28(2)16-34(21-7-6-18(29)15-20(21)28)26(37)17-13-23(32(3)24(36)14-17)33-11-8-19(9-12-33)35-22-5-4-10-30-25(22)31-27(35)38/h4-7,10,13-15,19H,8-9,11-12,16H2,1-3H3,(H,30,31,38). The van der Waals surface area contributed by atoms with Crippen molar-refractivity contribution in [1.29, 1.82) is 0 Å². The Bertz CT molecular complexity index is 1690. The second-order valence-corrected chi connectivity index (χ2v) is 10.8. The number of carbonyl (C=O) groups is 1. The fraction of sp³-hybridized carbons (Fsp3) is 0.357. The molecular formula is C28H29FN6O3. The highest BCUT2D eigenvalue weighted by Crippen LogP contribution is 2.41. The lowest BCUT2D eigenvalue weighted by Crippen LogP contribution is -2.40. The van der Waals surface area contributed by atoms with Gasteiger partial charge in [-0.2, -0.15) is 0 Å². The number of hydrogen-bond donors (Lipinski definition) is 1. The lowest BCUT2D eigenvalue weighted by atomic mass is 9.87. The molecule has 0 unspecified atom stereocenters. The highest BCUT2D eigenvalue weighted by Gasteiger charge is 2.39. The number of hydrogen-bond acceptors (Lipinski definition) is 5. The van der Waals surface area contributed by atoms with Crippen LogP contribution in [0.2, 0.25) is 0 Å². The molecule has 0 atom stereocenters. The highest BCUT2D eigenvalue weighted by molar-refractivity contribution is 6.08. The maximum atomic E-state index is 14.0. The Balaban J connectivity index is 1.27. The molecule has 196 valence electrons. The van der Waals surface area contributed by atoms with E-state index in [0.717, 1.165) is 11.1 Å². The summed E-state index contributed by atoms with van der Waals surface area (Å²) in [6, 6.07) is 11.3. The van der Waals surface area contributed by atoms with Crippen molar-refractivity contribution in [3.63, 3.8) is 0 Å². The van der Waals surface area contributed by atoms with Crippen molar-refractivity contribution in [2.75, 3.05) is 29.4 Å². The smallest absolute Gasteiger partial charge is 0.327 e. The highest BCUT2D eigenvalue weighted by atomic mass is 19.1. The Hall–Kier alpha value is -4.21. The van der Waals surface area contributed by atoms with Gasteiger partial charge < -0.3 is 9.80 Å². The first-order valence-corrected chi connectivity index (χ1v) is 12.8. The van der Waals surface area contributed by atoms with Gasteiger partial charge in [-0.05, 0) is 54.8 Å². The van der Waals surface area contributed by atoms with Crippen LogP contribution in [0, 0.1) is 5.82 Å². The number of pyridine rings is 2. The van der Waals surface area contributed by atoms with Crippen LogP contribution >= 0.6 is 0 Å². The van der Waals surface area contributed by atoms with Crippen LogP contribution in [0.15, 0.2) is 58.3 Å². The van der Waals surface area contributed by atoms with E-state index in [9.17, 15) is 18.8 Å². The fourth-order valence-electron chi connectivity index (χ4n) is 5.91. The van der Waals surface area contributed by atoms with Crippen LogP contribution in [0.4, 0.5) is 15.9 Å². The number of fused-ring (bicyclic) bond motifs is 2. The number of H-pyrrole nitrogens is 1. The summed E-state index contributed by atoms with van der Waals surface area (Å²) in [5.74, 6) is 0.0386. The zero-order valence-corrected chi connectivity index (χ0v) is 21.6. The number of amides is 1. The van der Waals surface area contributed by atoms with Gasteiger partial charge in [0.05, 0.1) is 5.52 Å². The van der Waals surface area contributed by atoms with Crippen molar-refractivity contribution in [3.05, 3.63) is 86.4 Å². The van der Waals surface area contributed by atoms with Crippen molar-refractivity contribution in [2.45, 2.75) is 38.1 Å². The summed E-state index contributed by atoms with van der Waals surface area (Å²) in [6.45, 7) is 5.59. The van der Waals surface area contributed by atoms with E-state index in [4.69, 9.17) is 0 Å². The van der Waals surface area contributed by atoms with Crippen LogP contribution in [0.5, 0.6) is 0 Å².